The third-order valence-corrected chi connectivity index (χ3v) is 5.79. The van der Waals surface area contributed by atoms with E-state index in [4.69, 9.17) is 9.84 Å². The maximum absolute atomic E-state index is 12.9. The summed E-state index contributed by atoms with van der Waals surface area (Å²) >= 11 is 0. The first-order valence-electron chi connectivity index (χ1n) is 8.69. The van der Waals surface area contributed by atoms with Gasteiger partial charge in [-0.3, -0.25) is 4.79 Å². The lowest BCUT2D eigenvalue weighted by molar-refractivity contribution is -0.121. The number of ether oxygens (including phenoxy) is 1. The SMILES string of the molecule is CCC1(C(=O)Nc2cccc(C(=O)O)c2)OC12CCC(C)CC2C. The highest BCUT2D eigenvalue weighted by molar-refractivity contribution is 6.01. The van der Waals surface area contributed by atoms with Crippen LogP contribution in [0.2, 0.25) is 0 Å². The predicted molar refractivity (Wildman–Crippen MR) is 91.0 cm³/mol. The Bertz CT molecular complexity index is 673. The van der Waals surface area contributed by atoms with Gasteiger partial charge in [0.15, 0.2) is 5.60 Å². The average molecular weight is 331 g/mol. The van der Waals surface area contributed by atoms with Gasteiger partial charge in [-0.25, -0.2) is 4.79 Å². The van der Waals surface area contributed by atoms with Crippen LogP contribution >= 0.6 is 0 Å². The summed E-state index contributed by atoms with van der Waals surface area (Å²) < 4.78 is 6.13. The Morgan fingerprint density at radius 2 is 2.12 bits per heavy atom. The van der Waals surface area contributed by atoms with Gasteiger partial charge < -0.3 is 15.2 Å². The van der Waals surface area contributed by atoms with E-state index in [0.29, 0.717) is 23.9 Å². The summed E-state index contributed by atoms with van der Waals surface area (Å²) in [5.41, 5.74) is -0.492. The van der Waals surface area contributed by atoms with E-state index in [1.165, 1.54) is 12.1 Å². The maximum atomic E-state index is 12.9. The molecule has 1 aliphatic carbocycles. The standard InChI is InChI=1S/C19H25NO4/c1-4-18(19(24-18)9-8-12(2)10-13(19)3)17(23)20-15-7-5-6-14(11-15)16(21)22/h5-7,11-13H,4,8-10H2,1-3H3,(H,20,23)(H,21,22). The Balaban J connectivity index is 1.79. The first kappa shape index (κ1) is 17.0. The number of carboxylic acids is 1. The van der Waals surface area contributed by atoms with Crippen molar-refractivity contribution in [1.29, 1.82) is 0 Å². The van der Waals surface area contributed by atoms with Crippen molar-refractivity contribution in [3.63, 3.8) is 0 Å². The van der Waals surface area contributed by atoms with Crippen LogP contribution in [0.4, 0.5) is 5.69 Å². The lowest BCUT2D eigenvalue weighted by Gasteiger charge is -2.32. The van der Waals surface area contributed by atoms with Gasteiger partial charge in [0.1, 0.15) is 5.60 Å². The summed E-state index contributed by atoms with van der Waals surface area (Å²) in [7, 11) is 0. The molecule has 4 atom stereocenters. The second kappa shape index (κ2) is 5.88. The minimum atomic E-state index is -1.01. The smallest absolute Gasteiger partial charge is 0.335 e. The Morgan fingerprint density at radius 1 is 1.38 bits per heavy atom. The molecule has 1 heterocycles. The number of rotatable bonds is 4. The van der Waals surface area contributed by atoms with Crippen LogP contribution in [-0.4, -0.2) is 28.2 Å². The molecule has 0 radical (unpaired) electrons. The van der Waals surface area contributed by atoms with Gasteiger partial charge in [0, 0.05) is 5.69 Å². The number of anilines is 1. The van der Waals surface area contributed by atoms with Gasteiger partial charge in [0.05, 0.1) is 5.56 Å². The average Bonchev–Trinajstić information content (AvgIpc) is 3.22. The summed E-state index contributed by atoms with van der Waals surface area (Å²) in [6.45, 7) is 6.40. The molecule has 2 aliphatic rings. The fourth-order valence-corrected chi connectivity index (χ4v) is 4.39. The largest absolute Gasteiger partial charge is 0.478 e. The summed E-state index contributed by atoms with van der Waals surface area (Å²) in [5.74, 6) is -0.156. The highest BCUT2D eigenvalue weighted by Gasteiger charge is 2.75. The van der Waals surface area contributed by atoms with Crippen molar-refractivity contribution in [2.75, 3.05) is 5.32 Å². The van der Waals surface area contributed by atoms with Gasteiger partial charge in [-0.1, -0.05) is 26.8 Å². The summed E-state index contributed by atoms with van der Waals surface area (Å²) in [5, 5.41) is 11.9. The van der Waals surface area contributed by atoms with Crippen LogP contribution < -0.4 is 5.32 Å². The van der Waals surface area contributed by atoms with Crippen molar-refractivity contribution in [3.8, 4) is 0 Å². The van der Waals surface area contributed by atoms with E-state index < -0.39 is 11.6 Å². The number of epoxide rings is 1. The van der Waals surface area contributed by atoms with Gasteiger partial charge in [-0.05, 0) is 55.7 Å². The monoisotopic (exact) mass is 331 g/mol. The Kier molecular flexibility index (Phi) is 4.16. The maximum Gasteiger partial charge on any atom is 0.335 e. The topological polar surface area (TPSA) is 78.9 Å². The zero-order valence-electron chi connectivity index (χ0n) is 14.5. The van der Waals surface area contributed by atoms with Crippen molar-refractivity contribution in [3.05, 3.63) is 29.8 Å². The molecule has 130 valence electrons. The third-order valence-electron chi connectivity index (χ3n) is 5.79. The molecule has 1 aromatic carbocycles. The summed E-state index contributed by atoms with van der Waals surface area (Å²) in [4.78, 5) is 24.0. The number of carbonyl (C=O) groups excluding carboxylic acids is 1. The van der Waals surface area contributed by atoms with Gasteiger partial charge in [0.2, 0.25) is 0 Å². The number of aromatic carboxylic acids is 1. The van der Waals surface area contributed by atoms with E-state index in [-0.39, 0.29) is 17.1 Å². The molecule has 1 saturated carbocycles. The normalized spacial score (nSPS) is 34.8. The summed E-state index contributed by atoms with van der Waals surface area (Å²) in [6.07, 6.45) is 3.68. The highest BCUT2D eigenvalue weighted by atomic mass is 16.6. The minimum Gasteiger partial charge on any atom is -0.478 e. The Morgan fingerprint density at radius 3 is 2.75 bits per heavy atom. The van der Waals surface area contributed by atoms with E-state index in [1.54, 1.807) is 12.1 Å². The van der Waals surface area contributed by atoms with Gasteiger partial charge in [-0.2, -0.15) is 0 Å². The van der Waals surface area contributed by atoms with E-state index in [0.717, 1.165) is 19.3 Å². The molecule has 1 spiro atoms. The first-order valence-corrected chi connectivity index (χ1v) is 8.69. The van der Waals surface area contributed by atoms with E-state index in [2.05, 4.69) is 19.2 Å². The molecule has 1 saturated heterocycles. The third kappa shape index (κ3) is 2.51. The number of benzene rings is 1. The second-order valence-electron chi connectivity index (χ2n) is 7.29. The molecule has 5 heteroatoms. The van der Waals surface area contributed by atoms with Crippen LogP contribution in [0.1, 0.15) is 56.8 Å². The molecular weight excluding hydrogens is 306 g/mol. The summed E-state index contributed by atoms with van der Waals surface area (Å²) in [6, 6.07) is 6.32. The quantitative estimate of drug-likeness (QED) is 0.825. The molecule has 3 rings (SSSR count). The van der Waals surface area contributed by atoms with Crippen molar-refractivity contribution < 1.29 is 19.4 Å². The fraction of sp³-hybridized carbons (Fsp3) is 0.579. The molecule has 4 unspecified atom stereocenters. The lowest BCUT2D eigenvalue weighted by atomic mass is 9.69. The van der Waals surface area contributed by atoms with Crippen molar-refractivity contribution in [2.24, 2.45) is 11.8 Å². The van der Waals surface area contributed by atoms with Crippen LogP contribution in [0.3, 0.4) is 0 Å². The predicted octanol–water partition coefficient (Wildman–Crippen LogP) is 3.70. The number of carbonyl (C=O) groups is 2. The number of hydrogen-bond acceptors (Lipinski definition) is 3. The lowest BCUT2D eigenvalue weighted by Crippen LogP contribution is -2.43. The van der Waals surface area contributed by atoms with Crippen LogP contribution in [0, 0.1) is 11.8 Å². The minimum absolute atomic E-state index is 0.157. The zero-order chi connectivity index (χ0) is 17.5. The number of amides is 1. The van der Waals surface area contributed by atoms with Crippen LogP contribution in [0.15, 0.2) is 24.3 Å². The number of hydrogen-bond donors (Lipinski definition) is 2. The molecule has 2 fully saturated rings. The number of carboxylic acid groups (broad SMARTS) is 1. The molecule has 0 bridgehead atoms. The molecule has 0 aromatic heterocycles. The highest BCUT2D eigenvalue weighted by Crippen LogP contribution is 2.61. The van der Waals surface area contributed by atoms with Crippen molar-refractivity contribution >= 4 is 17.6 Å². The Hall–Kier alpha value is -1.88. The molecule has 1 aliphatic heterocycles. The molecule has 1 aromatic rings. The second-order valence-corrected chi connectivity index (χ2v) is 7.29. The Labute approximate surface area is 142 Å². The zero-order valence-corrected chi connectivity index (χ0v) is 14.5. The van der Waals surface area contributed by atoms with E-state index in [1.807, 2.05) is 6.92 Å². The number of nitrogens with one attached hydrogen (secondary N) is 1. The first-order chi connectivity index (χ1) is 11.3. The van der Waals surface area contributed by atoms with Crippen LogP contribution in [0.25, 0.3) is 0 Å². The molecule has 24 heavy (non-hydrogen) atoms. The molecule has 1 amide bonds. The fourth-order valence-electron chi connectivity index (χ4n) is 4.39. The van der Waals surface area contributed by atoms with E-state index in [9.17, 15) is 9.59 Å². The van der Waals surface area contributed by atoms with Crippen LogP contribution in [0.5, 0.6) is 0 Å². The molecule has 2 N–H and O–H groups in total. The van der Waals surface area contributed by atoms with Gasteiger partial charge in [-0.15, -0.1) is 0 Å². The van der Waals surface area contributed by atoms with Crippen molar-refractivity contribution in [1.82, 2.24) is 0 Å². The van der Waals surface area contributed by atoms with Gasteiger partial charge in [0.25, 0.3) is 5.91 Å². The van der Waals surface area contributed by atoms with Crippen molar-refractivity contribution in [2.45, 2.75) is 57.7 Å². The van der Waals surface area contributed by atoms with E-state index >= 15 is 0 Å². The molecule has 5 nitrogen and oxygen atoms in total. The molecular formula is C19H25NO4. The van der Waals surface area contributed by atoms with Crippen LogP contribution in [-0.2, 0) is 9.53 Å². The van der Waals surface area contributed by atoms with Gasteiger partial charge >= 0.3 is 5.97 Å².